The van der Waals surface area contributed by atoms with Gasteiger partial charge < -0.3 is 31.9 Å². The van der Waals surface area contributed by atoms with Crippen LogP contribution in [0.25, 0.3) is 0 Å². The van der Waals surface area contributed by atoms with Gasteiger partial charge in [-0.2, -0.15) is 0 Å². The SMILES string of the molecule is O=C(NCCNC(=S)Nc1ccc(F)cc1)[C@@H]1[C@@H]2CC[C@@H](C2)[C@@H]1C(=O)NCCNC(=S)Nc1ccc(F)cc1. The first-order valence-electron chi connectivity index (χ1n) is 13.0. The van der Waals surface area contributed by atoms with Gasteiger partial charge in [0, 0.05) is 37.6 Å². The molecule has 8 nitrogen and oxygen atoms in total. The minimum atomic E-state index is -0.345. The van der Waals surface area contributed by atoms with Crippen LogP contribution in [0.3, 0.4) is 0 Å². The Labute approximate surface area is 237 Å². The topological polar surface area (TPSA) is 106 Å². The van der Waals surface area contributed by atoms with Crippen molar-refractivity contribution in [1.82, 2.24) is 21.3 Å². The maximum absolute atomic E-state index is 13.1. The Morgan fingerprint density at radius 1 is 0.641 bits per heavy atom. The molecule has 2 fully saturated rings. The van der Waals surface area contributed by atoms with Gasteiger partial charge in [-0.05, 0) is 104 Å². The summed E-state index contributed by atoms with van der Waals surface area (Å²) in [5.41, 5.74) is 1.32. The highest BCUT2D eigenvalue weighted by atomic mass is 32.1. The van der Waals surface area contributed by atoms with Crippen molar-refractivity contribution in [2.24, 2.45) is 23.7 Å². The number of benzene rings is 2. The molecule has 6 N–H and O–H groups in total. The summed E-state index contributed by atoms with van der Waals surface area (Å²) < 4.78 is 26.1. The average Bonchev–Trinajstić information content (AvgIpc) is 3.54. The molecule has 0 radical (unpaired) electrons. The van der Waals surface area contributed by atoms with Gasteiger partial charge in [-0.1, -0.05) is 0 Å². The lowest BCUT2D eigenvalue weighted by Crippen LogP contribution is -2.47. The molecule has 2 aliphatic carbocycles. The normalized spacial score (nSPS) is 21.1. The zero-order chi connectivity index (χ0) is 27.8. The van der Waals surface area contributed by atoms with Gasteiger partial charge in [-0.15, -0.1) is 0 Å². The van der Waals surface area contributed by atoms with Crippen LogP contribution in [0.5, 0.6) is 0 Å². The second-order valence-electron chi connectivity index (χ2n) is 9.74. The van der Waals surface area contributed by atoms with Crippen LogP contribution >= 0.6 is 24.4 Å². The zero-order valence-corrected chi connectivity index (χ0v) is 22.9. The van der Waals surface area contributed by atoms with Crippen LogP contribution < -0.4 is 31.9 Å². The largest absolute Gasteiger partial charge is 0.361 e. The van der Waals surface area contributed by atoms with Crippen LogP contribution in [0.2, 0.25) is 0 Å². The molecule has 2 amide bonds. The van der Waals surface area contributed by atoms with E-state index in [2.05, 4.69) is 31.9 Å². The predicted molar refractivity (Wildman–Crippen MR) is 155 cm³/mol. The van der Waals surface area contributed by atoms with Gasteiger partial charge in [0.2, 0.25) is 11.8 Å². The minimum absolute atomic E-state index is 0.107. The van der Waals surface area contributed by atoms with Gasteiger partial charge >= 0.3 is 0 Å². The third kappa shape index (κ3) is 8.06. The Morgan fingerprint density at radius 3 is 1.38 bits per heavy atom. The Hall–Kier alpha value is -3.38. The first-order chi connectivity index (χ1) is 18.8. The lowest BCUT2D eigenvalue weighted by molar-refractivity contribution is -0.137. The van der Waals surface area contributed by atoms with E-state index in [0.717, 1.165) is 19.3 Å². The monoisotopic (exact) mass is 574 g/mol. The summed E-state index contributed by atoms with van der Waals surface area (Å²) in [5.74, 6) is -1.13. The molecule has 2 saturated carbocycles. The number of halogens is 2. The van der Waals surface area contributed by atoms with E-state index < -0.39 is 0 Å². The van der Waals surface area contributed by atoms with Gasteiger partial charge in [-0.25, -0.2) is 8.78 Å². The van der Waals surface area contributed by atoms with Crippen LogP contribution in [0, 0.1) is 35.3 Å². The number of carbonyl (C=O) groups excluding carboxylic acids is 2. The molecule has 0 spiro atoms. The van der Waals surface area contributed by atoms with E-state index in [1.807, 2.05) is 0 Å². The van der Waals surface area contributed by atoms with Crippen molar-refractivity contribution in [1.29, 1.82) is 0 Å². The number of hydrogen-bond acceptors (Lipinski definition) is 4. The molecule has 2 bridgehead atoms. The summed E-state index contributed by atoms with van der Waals surface area (Å²) in [6.07, 6.45) is 2.81. The van der Waals surface area contributed by atoms with Gasteiger partial charge in [0.15, 0.2) is 10.2 Å². The predicted octanol–water partition coefficient (Wildman–Crippen LogP) is 3.13. The summed E-state index contributed by atoms with van der Waals surface area (Å²) in [5, 5.41) is 18.6. The Balaban J connectivity index is 1.16. The number of amides is 2. The molecule has 0 aromatic heterocycles. The highest BCUT2D eigenvalue weighted by Gasteiger charge is 2.53. The number of anilines is 2. The highest BCUT2D eigenvalue weighted by Crippen LogP contribution is 2.52. The van der Waals surface area contributed by atoms with Gasteiger partial charge in [0.05, 0.1) is 11.8 Å². The summed E-state index contributed by atoms with van der Waals surface area (Å²) in [4.78, 5) is 26.1. The summed E-state index contributed by atoms with van der Waals surface area (Å²) in [7, 11) is 0. The second-order valence-corrected chi connectivity index (χ2v) is 10.6. The Morgan fingerprint density at radius 2 is 1.00 bits per heavy atom. The Kier molecular flexibility index (Phi) is 9.99. The van der Waals surface area contributed by atoms with Crippen molar-refractivity contribution in [2.75, 3.05) is 36.8 Å². The molecule has 2 aliphatic rings. The number of thiocarbonyl (C=S) groups is 2. The number of carbonyl (C=O) groups is 2. The van der Waals surface area contributed by atoms with Crippen LogP contribution in [0.1, 0.15) is 19.3 Å². The molecular formula is C27H32F2N6O2S2. The Bertz CT molecular complexity index is 1090. The third-order valence-corrected chi connectivity index (χ3v) is 7.64. The number of fused-ring (bicyclic) bond motifs is 2. The second kappa shape index (κ2) is 13.6. The molecule has 4 rings (SSSR count). The maximum atomic E-state index is 13.1. The van der Waals surface area contributed by atoms with Crippen molar-refractivity contribution < 1.29 is 18.4 Å². The smallest absolute Gasteiger partial charge is 0.224 e. The first kappa shape index (κ1) is 28.6. The molecular weight excluding hydrogens is 542 g/mol. The highest BCUT2D eigenvalue weighted by molar-refractivity contribution is 7.80. The van der Waals surface area contributed by atoms with Gasteiger partial charge in [-0.3, -0.25) is 9.59 Å². The van der Waals surface area contributed by atoms with E-state index in [4.69, 9.17) is 24.4 Å². The molecule has 2 aromatic carbocycles. The quantitative estimate of drug-likeness (QED) is 0.190. The zero-order valence-electron chi connectivity index (χ0n) is 21.3. The van der Waals surface area contributed by atoms with Crippen molar-refractivity contribution in [3.63, 3.8) is 0 Å². The maximum Gasteiger partial charge on any atom is 0.224 e. The van der Waals surface area contributed by atoms with E-state index in [-0.39, 0.29) is 47.1 Å². The van der Waals surface area contributed by atoms with Gasteiger partial charge in [0.25, 0.3) is 0 Å². The fourth-order valence-corrected chi connectivity index (χ4v) is 5.86. The van der Waals surface area contributed by atoms with E-state index in [1.165, 1.54) is 24.3 Å². The molecule has 0 heterocycles. The molecule has 0 aliphatic heterocycles. The third-order valence-electron chi connectivity index (χ3n) is 7.15. The molecule has 0 saturated heterocycles. The first-order valence-corrected chi connectivity index (χ1v) is 13.8. The number of rotatable bonds is 10. The van der Waals surface area contributed by atoms with E-state index in [0.29, 0.717) is 47.8 Å². The van der Waals surface area contributed by atoms with E-state index in [1.54, 1.807) is 24.3 Å². The fraction of sp³-hybridized carbons (Fsp3) is 0.407. The molecule has 4 atom stereocenters. The molecule has 2 aromatic rings. The molecule has 208 valence electrons. The van der Waals surface area contributed by atoms with Crippen molar-refractivity contribution >= 4 is 57.8 Å². The lowest BCUT2D eigenvalue weighted by atomic mass is 9.78. The summed E-state index contributed by atoms with van der Waals surface area (Å²) in [6, 6.07) is 11.7. The summed E-state index contributed by atoms with van der Waals surface area (Å²) >= 11 is 10.5. The number of hydrogen-bond donors (Lipinski definition) is 6. The van der Waals surface area contributed by atoms with Crippen molar-refractivity contribution in [3.8, 4) is 0 Å². The fourth-order valence-electron chi connectivity index (χ4n) is 5.42. The van der Waals surface area contributed by atoms with Crippen LogP contribution in [0.4, 0.5) is 20.2 Å². The van der Waals surface area contributed by atoms with Crippen molar-refractivity contribution in [3.05, 3.63) is 60.2 Å². The molecule has 12 heteroatoms. The number of nitrogens with one attached hydrogen (secondary N) is 6. The van der Waals surface area contributed by atoms with Gasteiger partial charge in [0.1, 0.15) is 11.6 Å². The molecule has 0 unspecified atom stereocenters. The summed E-state index contributed by atoms with van der Waals surface area (Å²) in [6.45, 7) is 1.53. The standard InChI is InChI=1S/C27H32F2N6O2S2/c28-18-3-7-20(8-4-18)34-26(38)32-13-11-30-24(36)22-16-1-2-17(15-16)23(22)25(37)31-12-14-33-27(39)35-21-9-5-19(29)6-10-21/h3-10,16-17,22-23H,1-2,11-15H2,(H,30,36)(H,31,37)(H2,32,34,38)(H2,33,35,39)/t16-,17+,22-,23+. The van der Waals surface area contributed by atoms with Crippen LogP contribution in [-0.4, -0.2) is 48.2 Å². The van der Waals surface area contributed by atoms with Crippen LogP contribution in [-0.2, 0) is 9.59 Å². The van der Waals surface area contributed by atoms with Crippen molar-refractivity contribution in [2.45, 2.75) is 19.3 Å². The average molecular weight is 575 g/mol. The lowest BCUT2D eigenvalue weighted by Gasteiger charge is -2.29. The van der Waals surface area contributed by atoms with E-state index >= 15 is 0 Å². The van der Waals surface area contributed by atoms with Crippen LogP contribution in [0.15, 0.2) is 48.5 Å². The minimum Gasteiger partial charge on any atom is -0.361 e. The molecule has 39 heavy (non-hydrogen) atoms. The van der Waals surface area contributed by atoms with E-state index in [9.17, 15) is 18.4 Å².